The van der Waals surface area contributed by atoms with Gasteiger partial charge in [0.05, 0.1) is 11.8 Å². The standard InChI is InChI=1S/C12H13NO4/c1-3-5-9(12(15)16)13-11(14)8-6-7-17-10(8)4-2/h1,6-7,9H,4-5H2,2H3,(H,13,14)(H,15,16). The molecule has 0 aliphatic rings. The van der Waals surface area contributed by atoms with Gasteiger partial charge in [-0.2, -0.15) is 0 Å². The Morgan fingerprint density at radius 1 is 1.65 bits per heavy atom. The van der Waals surface area contributed by atoms with E-state index in [4.69, 9.17) is 15.9 Å². The van der Waals surface area contributed by atoms with Gasteiger partial charge in [0.1, 0.15) is 11.8 Å². The van der Waals surface area contributed by atoms with E-state index in [-0.39, 0.29) is 6.42 Å². The lowest BCUT2D eigenvalue weighted by molar-refractivity contribution is -0.139. The summed E-state index contributed by atoms with van der Waals surface area (Å²) < 4.78 is 5.09. The van der Waals surface area contributed by atoms with Crippen LogP contribution in [0, 0.1) is 12.3 Å². The highest BCUT2D eigenvalue weighted by Crippen LogP contribution is 2.11. The van der Waals surface area contributed by atoms with Crippen molar-refractivity contribution in [1.29, 1.82) is 0 Å². The van der Waals surface area contributed by atoms with Crippen LogP contribution in [-0.4, -0.2) is 23.0 Å². The molecule has 1 aromatic heterocycles. The predicted octanol–water partition coefficient (Wildman–Crippen LogP) is 1.05. The number of terminal acetylenes is 1. The summed E-state index contributed by atoms with van der Waals surface area (Å²) in [5.74, 6) is 1.09. The van der Waals surface area contributed by atoms with Crippen LogP contribution in [0.3, 0.4) is 0 Å². The fraction of sp³-hybridized carbons (Fsp3) is 0.333. The number of hydrogen-bond acceptors (Lipinski definition) is 3. The fourth-order valence-corrected chi connectivity index (χ4v) is 1.37. The number of rotatable bonds is 5. The van der Waals surface area contributed by atoms with Crippen molar-refractivity contribution in [3.8, 4) is 12.3 Å². The molecule has 0 aliphatic carbocycles. The Kier molecular flexibility index (Phi) is 4.35. The van der Waals surface area contributed by atoms with Crippen LogP contribution in [0.15, 0.2) is 16.7 Å². The molecule has 0 fully saturated rings. The summed E-state index contributed by atoms with van der Waals surface area (Å²) in [5, 5.41) is 11.2. The first kappa shape index (κ1) is 12.8. The largest absolute Gasteiger partial charge is 0.480 e. The van der Waals surface area contributed by atoms with Crippen molar-refractivity contribution in [3.63, 3.8) is 0 Å². The summed E-state index contributed by atoms with van der Waals surface area (Å²) in [6.45, 7) is 1.84. The molecule has 5 nitrogen and oxygen atoms in total. The van der Waals surface area contributed by atoms with E-state index >= 15 is 0 Å². The number of nitrogens with one attached hydrogen (secondary N) is 1. The van der Waals surface area contributed by atoms with Crippen molar-refractivity contribution in [2.24, 2.45) is 0 Å². The van der Waals surface area contributed by atoms with Gasteiger partial charge in [-0.25, -0.2) is 4.79 Å². The van der Waals surface area contributed by atoms with Gasteiger partial charge in [0.2, 0.25) is 0 Å². The highest BCUT2D eigenvalue weighted by atomic mass is 16.4. The average molecular weight is 235 g/mol. The smallest absolute Gasteiger partial charge is 0.327 e. The molecule has 0 radical (unpaired) electrons. The Bertz CT molecular complexity index is 455. The molecule has 1 heterocycles. The van der Waals surface area contributed by atoms with Crippen LogP contribution in [0.5, 0.6) is 0 Å². The molecular formula is C12H13NO4. The molecule has 0 spiro atoms. The minimum absolute atomic E-state index is 0.0552. The molecule has 1 atom stereocenters. The summed E-state index contributed by atoms with van der Waals surface area (Å²) in [6, 6.07) is 0.426. The van der Waals surface area contributed by atoms with E-state index in [1.54, 1.807) is 0 Å². The number of carboxylic acid groups (broad SMARTS) is 1. The maximum Gasteiger partial charge on any atom is 0.327 e. The number of aryl methyl sites for hydroxylation is 1. The van der Waals surface area contributed by atoms with Crippen LogP contribution in [0.1, 0.15) is 29.5 Å². The number of carboxylic acids is 1. The van der Waals surface area contributed by atoms with Gasteiger partial charge in [-0.15, -0.1) is 12.3 Å². The first-order valence-corrected chi connectivity index (χ1v) is 5.13. The van der Waals surface area contributed by atoms with Gasteiger partial charge in [0.15, 0.2) is 0 Å². The average Bonchev–Trinajstić information content (AvgIpc) is 2.76. The number of hydrogen-bond donors (Lipinski definition) is 2. The molecule has 17 heavy (non-hydrogen) atoms. The zero-order valence-corrected chi connectivity index (χ0v) is 9.40. The van der Waals surface area contributed by atoms with Crippen LogP contribution in [0.2, 0.25) is 0 Å². The SMILES string of the molecule is C#CCC(NC(=O)c1ccoc1CC)C(=O)O. The third kappa shape index (κ3) is 3.11. The van der Waals surface area contributed by atoms with Gasteiger partial charge < -0.3 is 14.8 Å². The maximum atomic E-state index is 11.8. The highest BCUT2D eigenvalue weighted by molar-refractivity contribution is 5.97. The topological polar surface area (TPSA) is 79.5 Å². The molecule has 0 aliphatic heterocycles. The molecule has 1 amide bonds. The molecule has 0 saturated carbocycles. The van der Waals surface area contributed by atoms with Crippen LogP contribution in [0.25, 0.3) is 0 Å². The van der Waals surface area contributed by atoms with Crippen molar-refractivity contribution in [1.82, 2.24) is 5.32 Å². The molecule has 1 rings (SSSR count). The normalized spacial score (nSPS) is 11.5. The van der Waals surface area contributed by atoms with Crippen LogP contribution in [0.4, 0.5) is 0 Å². The number of carbonyl (C=O) groups is 2. The molecular weight excluding hydrogens is 222 g/mol. The fourth-order valence-electron chi connectivity index (χ4n) is 1.37. The number of amides is 1. The Balaban J connectivity index is 2.78. The maximum absolute atomic E-state index is 11.8. The van der Waals surface area contributed by atoms with Gasteiger partial charge in [0.25, 0.3) is 5.91 Å². The van der Waals surface area contributed by atoms with E-state index in [0.29, 0.717) is 17.7 Å². The van der Waals surface area contributed by atoms with E-state index in [0.717, 1.165) is 0 Å². The quantitative estimate of drug-likeness (QED) is 0.747. The molecule has 90 valence electrons. The highest BCUT2D eigenvalue weighted by Gasteiger charge is 2.21. The molecule has 0 bridgehead atoms. The zero-order valence-electron chi connectivity index (χ0n) is 9.40. The predicted molar refractivity (Wildman–Crippen MR) is 60.4 cm³/mol. The molecule has 0 saturated heterocycles. The summed E-state index contributed by atoms with van der Waals surface area (Å²) >= 11 is 0. The molecule has 1 unspecified atom stereocenters. The van der Waals surface area contributed by atoms with Gasteiger partial charge in [-0.1, -0.05) is 6.92 Å². The van der Waals surface area contributed by atoms with E-state index in [9.17, 15) is 9.59 Å². The van der Waals surface area contributed by atoms with Crippen molar-refractivity contribution in [3.05, 3.63) is 23.7 Å². The van der Waals surface area contributed by atoms with Crippen molar-refractivity contribution in [2.75, 3.05) is 0 Å². The lowest BCUT2D eigenvalue weighted by Gasteiger charge is -2.11. The zero-order chi connectivity index (χ0) is 12.8. The number of furan rings is 1. The third-order valence-electron chi connectivity index (χ3n) is 2.24. The van der Waals surface area contributed by atoms with Crippen molar-refractivity contribution < 1.29 is 19.1 Å². The van der Waals surface area contributed by atoms with Crippen LogP contribution < -0.4 is 5.32 Å². The summed E-state index contributed by atoms with van der Waals surface area (Å²) in [6.07, 6.45) is 6.93. The lowest BCUT2D eigenvalue weighted by Crippen LogP contribution is -2.40. The van der Waals surface area contributed by atoms with E-state index < -0.39 is 17.9 Å². The molecule has 0 aromatic carbocycles. The molecule has 1 aromatic rings. The van der Waals surface area contributed by atoms with E-state index in [2.05, 4.69) is 11.2 Å². The Morgan fingerprint density at radius 3 is 2.88 bits per heavy atom. The first-order valence-electron chi connectivity index (χ1n) is 5.13. The summed E-state index contributed by atoms with van der Waals surface area (Å²) in [5.41, 5.74) is 0.343. The van der Waals surface area contributed by atoms with Crippen LogP contribution in [-0.2, 0) is 11.2 Å². The second-order valence-corrected chi connectivity index (χ2v) is 3.38. The monoisotopic (exact) mass is 235 g/mol. The number of carbonyl (C=O) groups excluding carboxylic acids is 1. The molecule has 5 heteroatoms. The Hall–Kier alpha value is -2.22. The summed E-state index contributed by atoms with van der Waals surface area (Å²) in [7, 11) is 0. The Labute approximate surface area is 98.8 Å². The number of aliphatic carboxylic acids is 1. The summed E-state index contributed by atoms with van der Waals surface area (Å²) in [4.78, 5) is 22.6. The van der Waals surface area contributed by atoms with E-state index in [1.165, 1.54) is 12.3 Å². The van der Waals surface area contributed by atoms with Gasteiger partial charge in [-0.3, -0.25) is 4.79 Å². The molecule has 2 N–H and O–H groups in total. The minimum atomic E-state index is -1.15. The van der Waals surface area contributed by atoms with E-state index in [1.807, 2.05) is 6.92 Å². The lowest BCUT2D eigenvalue weighted by atomic mass is 10.1. The van der Waals surface area contributed by atoms with Gasteiger partial charge >= 0.3 is 5.97 Å². The first-order chi connectivity index (χ1) is 8.10. The van der Waals surface area contributed by atoms with Crippen molar-refractivity contribution in [2.45, 2.75) is 25.8 Å². The Morgan fingerprint density at radius 2 is 2.35 bits per heavy atom. The van der Waals surface area contributed by atoms with Crippen LogP contribution >= 0.6 is 0 Å². The minimum Gasteiger partial charge on any atom is -0.480 e. The second kappa shape index (κ2) is 5.75. The van der Waals surface area contributed by atoms with Gasteiger partial charge in [-0.05, 0) is 6.07 Å². The van der Waals surface area contributed by atoms with Crippen molar-refractivity contribution >= 4 is 11.9 Å². The second-order valence-electron chi connectivity index (χ2n) is 3.38. The van der Waals surface area contributed by atoms with Gasteiger partial charge in [0, 0.05) is 12.8 Å². The third-order valence-corrected chi connectivity index (χ3v) is 2.24.